The van der Waals surface area contributed by atoms with Crippen LogP contribution in [0.25, 0.3) is 0 Å². The normalized spacial score (nSPS) is 19.7. The summed E-state index contributed by atoms with van der Waals surface area (Å²) < 4.78 is 3.34. The highest BCUT2D eigenvalue weighted by Gasteiger charge is 2.27. The summed E-state index contributed by atoms with van der Waals surface area (Å²) in [5.74, 6) is 0.689. The Labute approximate surface area is 103 Å². The molecule has 0 bridgehead atoms. The van der Waals surface area contributed by atoms with Gasteiger partial charge in [-0.05, 0) is 56.6 Å². The van der Waals surface area contributed by atoms with Gasteiger partial charge in [0.1, 0.15) is 5.60 Å². The van der Waals surface area contributed by atoms with Crippen molar-refractivity contribution in [1.29, 1.82) is 0 Å². The second-order valence-electron chi connectivity index (χ2n) is 5.16. The van der Waals surface area contributed by atoms with E-state index in [0.29, 0.717) is 12.5 Å². The quantitative estimate of drug-likeness (QED) is 0.722. The molecule has 1 heterocycles. The average Bonchev–Trinajstić information content (AvgIpc) is 2.21. The molecular formula is C11H22N2O2S. The first-order valence-electron chi connectivity index (χ1n) is 5.91. The Morgan fingerprint density at radius 3 is 2.56 bits per heavy atom. The Hall–Kier alpha value is -0.260. The van der Waals surface area contributed by atoms with Crippen LogP contribution in [0.5, 0.6) is 0 Å². The van der Waals surface area contributed by atoms with Crippen LogP contribution in [0.3, 0.4) is 0 Å². The molecule has 16 heavy (non-hydrogen) atoms. The maximum atomic E-state index is 8.88. The molecule has 1 saturated heterocycles. The van der Waals surface area contributed by atoms with Crippen molar-refractivity contribution in [2.24, 2.45) is 10.4 Å². The molecule has 1 aliphatic rings. The van der Waals surface area contributed by atoms with Crippen LogP contribution >= 0.6 is 0 Å². The van der Waals surface area contributed by atoms with Gasteiger partial charge in [-0.2, -0.15) is 0 Å². The average molecular weight is 246 g/mol. The SMILES string of the molecule is CC(C)(CN1CCC(CCO)CC1)ON=S. The van der Waals surface area contributed by atoms with Gasteiger partial charge in [-0.1, -0.05) is 0 Å². The van der Waals surface area contributed by atoms with Crippen molar-refractivity contribution in [2.75, 3.05) is 26.2 Å². The largest absolute Gasteiger partial charge is 0.396 e. The third-order valence-electron chi connectivity index (χ3n) is 3.13. The zero-order valence-corrected chi connectivity index (χ0v) is 11.0. The lowest BCUT2D eigenvalue weighted by atomic mass is 9.93. The minimum Gasteiger partial charge on any atom is -0.396 e. The van der Waals surface area contributed by atoms with E-state index >= 15 is 0 Å². The molecule has 1 N–H and O–H groups in total. The minimum atomic E-state index is -0.300. The summed E-state index contributed by atoms with van der Waals surface area (Å²) in [7, 11) is 0. The highest BCUT2D eigenvalue weighted by atomic mass is 32.1. The zero-order valence-electron chi connectivity index (χ0n) is 10.2. The van der Waals surface area contributed by atoms with Gasteiger partial charge >= 0.3 is 0 Å². The van der Waals surface area contributed by atoms with Crippen LogP contribution in [0.2, 0.25) is 0 Å². The fourth-order valence-electron chi connectivity index (χ4n) is 2.28. The summed E-state index contributed by atoms with van der Waals surface area (Å²) in [6.07, 6.45) is 3.28. The summed E-state index contributed by atoms with van der Waals surface area (Å²) >= 11 is 4.48. The van der Waals surface area contributed by atoms with E-state index in [4.69, 9.17) is 9.94 Å². The van der Waals surface area contributed by atoms with E-state index in [1.54, 1.807) is 0 Å². The molecule has 0 atom stereocenters. The van der Waals surface area contributed by atoms with Crippen LogP contribution in [0.4, 0.5) is 0 Å². The molecule has 0 aromatic rings. The molecule has 5 heteroatoms. The molecule has 0 aromatic carbocycles. The van der Waals surface area contributed by atoms with Crippen molar-refractivity contribution in [3.8, 4) is 0 Å². The van der Waals surface area contributed by atoms with Crippen molar-refractivity contribution >= 4 is 12.4 Å². The fraction of sp³-hybridized carbons (Fsp3) is 1.00. The number of rotatable bonds is 6. The summed E-state index contributed by atoms with van der Waals surface area (Å²) in [6, 6.07) is 0. The van der Waals surface area contributed by atoms with E-state index in [-0.39, 0.29) is 5.60 Å². The number of aliphatic hydroxyl groups excluding tert-OH is 1. The Kier molecular flexibility index (Phi) is 5.58. The number of hydrogen-bond acceptors (Lipinski definition) is 5. The maximum absolute atomic E-state index is 8.88. The molecule has 0 unspecified atom stereocenters. The van der Waals surface area contributed by atoms with Gasteiger partial charge in [0.25, 0.3) is 0 Å². The number of likely N-dealkylation sites (tertiary alicyclic amines) is 1. The smallest absolute Gasteiger partial charge is 0.145 e. The molecular weight excluding hydrogens is 224 g/mol. The summed E-state index contributed by atoms with van der Waals surface area (Å²) in [5.41, 5.74) is -0.300. The molecule has 0 aliphatic carbocycles. The van der Waals surface area contributed by atoms with Gasteiger partial charge in [0, 0.05) is 13.2 Å². The van der Waals surface area contributed by atoms with Crippen molar-refractivity contribution in [2.45, 2.75) is 38.7 Å². The van der Waals surface area contributed by atoms with Gasteiger partial charge < -0.3 is 9.94 Å². The standard InChI is InChI=1S/C11H22N2O2S/c1-11(2,15-12-16)9-13-6-3-10(4-7-13)5-8-14/h10,14H,3-9H2,1-2H3. The topological polar surface area (TPSA) is 45.1 Å². The third-order valence-corrected chi connectivity index (χ3v) is 3.21. The lowest BCUT2D eigenvalue weighted by Crippen LogP contribution is -2.43. The minimum absolute atomic E-state index is 0.300. The maximum Gasteiger partial charge on any atom is 0.145 e. The van der Waals surface area contributed by atoms with Crippen molar-refractivity contribution in [3.05, 3.63) is 0 Å². The first kappa shape index (κ1) is 13.8. The van der Waals surface area contributed by atoms with Gasteiger partial charge in [0.2, 0.25) is 0 Å². The van der Waals surface area contributed by atoms with Crippen molar-refractivity contribution in [3.63, 3.8) is 0 Å². The molecule has 0 saturated carbocycles. The van der Waals surface area contributed by atoms with Gasteiger partial charge in [-0.15, -0.1) is 0 Å². The number of piperidine rings is 1. The second-order valence-corrected chi connectivity index (χ2v) is 5.31. The number of nitrogens with zero attached hydrogens (tertiary/aromatic N) is 2. The van der Waals surface area contributed by atoms with Gasteiger partial charge in [0.05, 0.1) is 12.4 Å². The van der Waals surface area contributed by atoms with Gasteiger partial charge in [0.15, 0.2) is 0 Å². The van der Waals surface area contributed by atoms with Crippen LogP contribution in [0, 0.1) is 5.92 Å². The Bertz CT molecular complexity index is 216. The predicted molar refractivity (Wildman–Crippen MR) is 65.8 cm³/mol. The zero-order chi connectivity index (χ0) is 12.0. The highest BCUT2D eigenvalue weighted by molar-refractivity contribution is 7.47. The predicted octanol–water partition coefficient (Wildman–Crippen LogP) is 1.52. The molecule has 4 nitrogen and oxygen atoms in total. The van der Waals surface area contributed by atoms with Gasteiger partial charge in [-0.25, -0.2) is 0 Å². The highest BCUT2D eigenvalue weighted by Crippen LogP contribution is 2.22. The summed E-state index contributed by atoms with van der Waals surface area (Å²) in [5, 5.41) is 8.88. The molecule has 1 aliphatic heterocycles. The Morgan fingerprint density at radius 1 is 1.44 bits per heavy atom. The van der Waals surface area contributed by atoms with Crippen LogP contribution in [-0.2, 0) is 17.3 Å². The van der Waals surface area contributed by atoms with Crippen LogP contribution in [0.15, 0.2) is 4.53 Å². The molecule has 0 aromatic heterocycles. The lowest BCUT2D eigenvalue weighted by molar-refractivity contribution is -0.0398. The monoisotopic (exact) mass is 246 g/mol. The van der Waals surface area contributed by atoms with E-state index in [1.807, 2.05) is 13.8 Å². The van der Waals surface area contributed by atoms with E-state index < -0.39 is 0 Å². The third kappa shape index (κ3) is 4.72. The second kappa shape index (κ2) is 6.47. The van der Waals surface area contributed by atoms with Crippen LogP contribution in [-0.4, -0.2) is 41.8 Å². The molecule has 0 amide bonds. The molecule has 1 rings (SSSR count). The summed E-state index contributed by atoms with van der Waals surface area (Å²) in [4.78, 5) is 7.55. The van der Waals surface area contributed by atoms with E-state index in [1.165, 1.54) is 12.8 Å². The Balaban J connectivity index is 2.28. The van der Waals surface area contributed by atoms with E-state index in [2.05, 4.69) is 21.9 Å². The van der Waals surface area contributed by atoms with Gasteiger partial charge in [-0.3, -0.25) is 4.90 Å². The Morgan fingerprint density at radius 2 is 2.06 bits per heavy atom. The van der Waals surface area contributed by atoms with Crippen molar-refractivity contribution < 1.29 is 9.94 Å². The lowest BCUT2D eigenvalue weighted by Gasteiger charge is -2.35. The number of aliphatic hydroxyl groups is 1. The van der Waals surface area contributed by atoms with E-state index in [0.717, 1.165) is 26.1 Å². The number of hydrogen-bond donors (Lipinski definition) is 1. The fourth-order valence-corrected chi connectivity index (χ4v) is 2.49. The molecule has 0 spiro atoms. The molecule has 1 fully saturated rings. The molecule has 0 radical (unpaired) electrons. The van der Waals surface area contributed by atoms with E-state index in [9.17, 15) is 0 Å². The first-order chi connectivity index (χ1) is 7.57. The van der Waals surface area contributed by atoms with Crippen molar-refractivity contribution in [1.82, 2.24) is 4.90 Å². The first-order valence-corrected chi connectivity index (χ1v) is 6.28. The summed E-state index contributed by atoms with van der Waals surface area (Å²) in [6.45, 7) is 7.34. The van der Waals surface area contributed by atoms with Crippen LogP contribution < -0.4 is 0 Å². The molecule has 94 valence electrons. The van der Waals surface area contributed by atoms with Crippen LogP contribution in [0.1, 0.15) is 33.1 Å².